The molecule has 1 atom stereocenters. The van der Waals surface area contributed by atoms with Gasteiger partial charge in [0.2, 0.25) is 11.8 Å². The molecule has 0 radical (unpaired) electrons. The van der Waals surface area contributed by atoms with Gasteiger partial charge in [0, 0.05) is 36.7 Å². The van der Waals surface area contributed by atoms with E-state index in [9.17, 15) is 28.1 Å². The predicted octanol–water partition coefficient (Wildman–Crippen LogP) is 5.61. The molecule has 0 aromatic heterocycles. The van der Waals surface area contributed by atoms with Crippen molar-refractivity contribution >= 4 is 44.8 Å². The summed E-state index contributed by atoms with van der Waals surface area (Å²) in [5, 5.41) is 14.8. The van der Waals surface area contributed by atoms with Gasteiger partial charge in [-0.25, -0.2) is 8.42 Å². The lowest BCUT2D eigenvalue weighted by atomic mass is 10.0. The van der Waals surface area contributed by atoms with E-state index in [2.05, 4.69) is 5.32 Å². The fourth-order valence-electron chi connectivity index (χ4n) is 4.74. The topological polar surface area (TPSA) is 130 Å². The largest absolute Gasteiger partial charge is 0.354 e. The zero-order valence-corrected chi connectivity index (χ0v) is 26.2. The highest BCUT2D eigenvalue weighted by Crippen LogP contribution is 2.28. The number of sulfonamides is 1. The molecule has 0 aliphatic heterocycles. The van der Waals surface area contributed by atoms with Crippen LogP contribution in [-0.4, -0.2) is 49.2 Å². The summed E-state index contributed by atoms with van der Waals surface area (Å²) in [6.45, 7) is 1.45. The van der Waals surface area contributed by atoms with E-state index in [4.69, 9.17) is 11.6 Å². The summed E-state index contributed by atoms with van der Waals surface area (Å²) in [7, 11) is -4.39. The summed E-state index contributed by atoms with van der Waals surface area (Å²) in [4.78, 5) is 40.3. The van der Waals surface area contributed by atoms with Crippen molar-refractivity contribution in [1.29, 1.82) is 0 Å². The third-order valence-electron chi connectivity index (χ3n) is 7.06. The number of halogens is 1. The number of benzene rings is 4. The number of rotatable bonds is 14. The Morgan fingerprint density at radius 1 is 0.911 bits per heavy atom. The number of non-ortho nitro benzene ring substituents is 1. The van der Waals surface area contributed by atoms with Crippen LogP contribution in [0.15, 0.2) is 114 Å². The number of carbonyl (C=O) groups is 2. The van der Waals surface area contributed by atoms with E-state index in [1.54, 1.807) is 30.3 Å². The zero-order valence-electron chi connectivity index (χ0n) is 24.6. The van der Waals surface area contributed by atoms with E-state index < -0.39 is 39.3 Å². The van der Waals surface area contributed by atoms with Gasteiger partial charge in [-0.2, -0.15) is 0 Å². The van der Waals surface area contributed by atoms with Crippen molar-refractivity contribution < 1.29 is 22.9 Å². The van der Waals surface area contributed by atoms with Crippen LogP contribution in [-0.2, 0) is 32.6 Å². The van der Waals surface area contributed by atoms with Gasteiger partial charge in [-0.3, -0.25) is 24.0 Å². The molecule has 0 aliphatic carbocycles. The third kappa shape index (κ3) is 8.46. The minimum absolute atomic E-state index is 0.0749. The average molecular weight is 649 g/mol. The highest BCUT2D eigenvalue weighted by Gasteiger charge is 2.35. The van der Waals surface area contributed by atoms with Crippen LogP contribution in [0.25, 0.3) is 0 Å². The van der Waals surface area contributed by atoms with Crippen LogP contribution >= 0.6 is 11.6 Å². The lowest BCUT2D eigenvalue weighted by molar-refractivity contribution is -0.384. The number of nitrogens with zero attached hydrogens (tertiary/aromatic N) is 3. The first-order valence-corrected chi connectivity index (χ1v) is 16.1. The summed E-state index contributed by atoms with van der Waals surface area (Å²) >= 11 is 6.49. The Bertz CT molecular complexity index is 1740. The van der Waals surface area contributed by atoms with E-state index >= 15 is 0 Å². The van der Waals surface area contributed by atoms with E-state index in [0.717, 1.165) is 15.9 Å². The molecule has 10 nitrogen and oxygen atoms in total. The number of hydrogen-bond donors (Lipinski definition) is 1. The Kier molecular flexibility index (Phi) is 11.3. The molecular weight excluding hydrogens is 616 g/mol. The fourth-order valence-corrected chi connectivity index (χ4v) is 6.36. The molecule has 0 bridgehead atoms. The quantitative estimate of drug-likeness (QED) is 0.140. The van der Waals surface area contributed by atoms with Crippen molar-refractivity contribution in [3.05, 3.63) is 135 Å². The maximum absolute atomic E-state index is 14.4. The smallest absolute Gasteiger partial charge is 0.271 e. The summed E-state index contributed by atoms with van der Waals surface area (Å²) in [5.41, 5.74) is 0.927. The lowest BCUT2D eigenvalue weighted by Gasteiger charge is -2.34. The van der Waals surface area contributed by atoms with Crippen LogP contribution in [0.4, 0.5) is 11.4 Å². The molecule has 4 aromatic rings. The normalized spacial score (nSPS) is 11.8. The van der Waals surface area contributed by atoms with E-state index in [0.29, 0.717) is 23.6 Å². The predicted molar refractivity (Wildman–Crippen MR) is 173 cm³/mol. The molecule has 0 fully saturated rings. The highest BCUT2D eigenvalue weighted by molar-refractivity contribution is 7.92. The molecule has 0 spiro atoms. The maximum Gasteiger partial charge on any atom is 0.271 e. The molecule has 4 aromatic carbocycles. The number of hydrogen-bond acceptors (Lipinski definition) is 6. The second-order valence-electron chi connectivity index (χ2n) is 10.2. The molecule has 0 heterocycles. The zero-order chi connectivity index (χ0) is 32.4. The molecule has 0 saturated carbocycles. The number of nitro groups is 1. The summed E-state index contributed by atoms with van der Waals surface area (Å²) in [6.07, 6.45) is 0.812. The van der Waals surface area contributed by atoms with E-state index in [1.165, 1.54) is 47.4 Å². The number of nitrogens with one attached hydrogen (secondary N) is 1. The van der Waals surface area contributed by atoms with Crippen molar-refractivity contribution in [1.82, 2.24) is 10.2 Å². The van der Waals surface area contributed by atoms with Gasteiger partial charge >= 0.3 is 0 Å². The van der Waals surface area contributed by atoms with Crippen LogP contribution in [0.2, 0.25) is 5.02 Å². The van der Waals surface area contributed by atoms with Crippen LogP contribution in [0.1, 0.15) is 24.5 Å². The second-order valence-corrected chi connectivity index (χ2v) is 12.5. The summed E-state index contributed by atoms with van der Waals surface area (Å²) < 4.78 is 28.8. The fraction of sp³-hybridized carbons (Fsp3) is 0.212. The standard InChI is InChI=1S/C33H33ClN4O6S/c1-2-20-35-33(40)31(21-25-12-5-3-6-13-25)36(23-26-14-9-10-19-30(26)34)32(39)24-37(27-15-11-16-28(22-27)38(41)42)45(43,44)29-17-7-4-8-18-29/h3-19,22,31H,2,20-21,23-24H2,1H3,(H,35,40). The van der Waals surface area contributed by atoms with Crippen LogP contribution in [0.3, 0.4) is 0 Å². The lowest BCUT2D eigenvalue weighted by Crippen LogP contribution is -2.53. The highest BCUT2D eigenvalue weighted by atomic mass is 35.5. The van der Waals surface area contributed by atoms with E-state index in [-0.39, 0.29) is 29.2 Å². The SMILES string of the molecule is CCCNC(=O)C(Cc1ccccc1)N(Cc1ccccc1Cl)C(=O)CN(c1cccc([N+](=O)[O-])c1)S(=O)(=O)c1ccccc1. The van der Waals surface area contributed by atoms with Gasteiger partial charge in [0.1, 0.15) is 12.6 Å². The maximum atomic E-state index is 14.4. The van der Waals surface area contributed by atoms with Gasteiger partial charge in [0.05, 0.1) is 15.5 Å². The van der Waals surface area contributed by atoms with Crippen LogP contribution in [0.5, 0.6) is 0 Å². The van der Waals surface area contributed by atoms with Crippen molar-refractivity contribution in [3.63, 3.8) is 0 Å². The minimum atomic E-state index is -4.39. The van der Waals surface area contributed by atoms with Crippen molar-refractivity contribution in [2.75, 3.05) is 17.4 Å². The van der Waals surface area contributed by atoms with Gasteiger partial charge in [0.15, 0.2) is 0 Å². The molecule has 0 aliphatic rings. The van der Waals surface area contributed by atoms with Gasteiger partial charge in [-0.1, -0.05) is 91.3 Å². The number of nitro benzene ring substituents is 1. The molecular formula is C33H33ClN4O6S. The van der Waals surface area contributed by atoms with Gasteiger partial charge in [-0.05, 0) is 41.8 Å². The molecule has 234 valence electrons. The van der Waals surface area contributed by atoms with Crippen molar-refractivity contribution in [2.45, 2.75) is 37.2 Å². The molecule has 1 N–H and O–H groups in total. The Balaban J connectivity index is 1.83. The number of anilines is 1. The Labute approximate surface area is 267 Å². The Morgan fingerprint density at radius 2 is 1.56 bits per heavy atom. The number of amides is 2. The molecule has 45 heavy (non-hydrogen) atoms. The minimum Gasteiger partial charge on any atom is -0.354 e. The molecule has 2 amide bonds. The average Bonchev–Trinajstić information content (AvgIpc) is 3.05. The van der Waals surface area contributed by atoms with Crippen molar-refractivity contribution in [3.8, 4) is 0 Å². The first kappa shape index (κ1) is 33.2. The van der Waals surface area contributed by atoms with Gasteiger partial charge in [-0.15, -0.1) is 0 Å². The summed E-state index contributed by atoms with van der Waals surface area (Å²) in [5.74, 6) is -1.11. The second kappa shape index (κ2) is 15.3. The molecule has 0 saturated heterocycles. The summed E-state index contributed by atoms with van der Waals surface area (Å²) in [6, 6.07) is 27.6. The first-order valence-electron chi connectivity index (χ1n) is 14.3. The monoisotopic (exact) mass is 648 g/mol. The van der Waals surface area contributed by atoms with Crippen molar-refractivity contribution in [2.24, 2.45) is 0 Å². The molecule has 1 unspecified atom stereocenters. The number of carbonyl (C=O) groups excluding carboxylic acids is 2. The Morgan fingerprint density at radius 3 is 2.20 bits per heavy atom. The van der Waals surface area contributed by atoms with E-state index in [1.807, 2.05) is 37.3 Å². The third-order valence-corrected chi connectivity index (χ3v) is 9.21. The van der Waals surface area contributed by atoms with Gasteiger partial charge < -0.3 is 10.2 Å². The van der Waals surface area contributed by atoms with Gasteiger partial charge in [0.25, 0.3) is 15.7 Å². The molecule has 4 rings (SSSR count). The molecule has 12 heteroatoms. The van der Waals surface area contributed by atoms with Crippen LogP contribution in [0, 0.1) is 10.1 Å². The van der Waals surface area contributed by atoms with Crippen LogP contribution < -0.4 is 9.62 Å². The Hall–Kier alpha value is -4.74. The first-order chi connectivity index (χ1) is 21.6.